The van der Waals surface area contributed by atoms with Crippen molar-refractivity contribution in [2.75, 3.05) is 0 Å². The number of aromatic nitrogens is 5. The molecular formula is C51H53N5O. The van der Waals surface area contributed by atoms with Crippen molar-refractivity contribution in [3.63, 3.8) is 0 Å². The minimum Gasteiger partial charge on any atom is -0.457 e. The maximum atomic E-state index is 6.60. The molecule has 0 radical (unpaired) electrons. The summed E-state index contributed by atoms with van der Waals surface area (Å²) in [4.78, 5) is 9.69. The highest BCUT2D eigenvalue weighted by atomic mass is 16.5. The van der Waals surface area contributed by atoms with Crippen molar-refractivity contribution in [1.82, 2.24) is 24.3 Å². The van der Waals surface area contributed by atoms with Crippen LogP contribution >= 0.6 is 0 Å². The molecule has 0 amide bonds. The molecule has 0 N–H and O–H groups in total. The van der Waals surface area contributed by atoms with Gasteiger partial charge in [-0.15, -0.1) is 5.10 Å². The molecule has 0 fully saturated rings. The number of pyridine rings is 1. The van der Waals surface area contributed by atoms with Crippen molar-refractivity contribution < 1.29 is 4.74 Å². The van der Waals surface area contributed by atoms with Crippen LogP contribution in [0.2, 0.25) is 0 Å². The molecule has 0 bridgehead atoms. The number of fused-ring (bicyclic) bond motifs is 3. The van der Waals surface area contributed by atoms with E-state index in [1.165, 1.54) is 44.3 Å². The topological polar surface area (TPSA) is 57.8 Å². The van der Waals surface area contributed by atoms with Gasteiger partial charge in [-0.1, -0.05) is 111 Å². The normalized spacial score (nSPS) is 12.5. The second-order valence-electron chi connectivity index (χ2n) is 18.6. The Kier molecular flexibility index (Phi) is 9.22. The molecule has 3 aromatic heterocycles. The van der Waals surface area contributed by atoms with E-state index in [0.717, 1.165) is 39.2 Å². The molecule has 0 unspecified atom stereocenters. The summed E-state index contributed by atoms with van der Waals surface area (Å²) in [5, 5.41) is 7.12. The van der Waals surface area contributed by atoms with E-state index in [0.29, 0.717) is 11.6 Å². The monoisotopic (exact) mass is 751 g/mol. The standard InChI is InChI=1S/C51H53N5O/c1-32-23-33(2)25-37(24-32)55-31-53-48(54-55)35-15-14-16-38(26-35)57-39-19-20-41-40-17-12-13-18-44(40)56(45(41)30-39)46-27-34(21-22-52-46)47-42(50(6,7)8)28-36(49(3,4)5)29-43(47)51(9,10)11/h12-31H,1-11H3. The van der Waals surface area contributed by atoms with Crippen LogP contribution in [0.1, 0.15) is 90.1 Å². The number of aryl methyl sites for hydroxylation is 2. The highest BCUT2D eigenvalue weighted by Crippen LogP contribution is 2.44. The molecule has 3 heterocycles. The maximum absolute atomic E-state index is 6.60. The summed E-state index contributed by atoms with van der Waals surface area (Å²) in [7, 11) is 0. The lowest BCUT2D eigenvalue weighted by molar-refractivity contribution is 0.483. The number of hydrogen-bond acceptors (Lipinski definition) is 4. The average molecular weight is 752 g/mol. The van der Waals surface area contributed by atoms with Crippen LogP contribution in [0.5, 0.6) is 11.5 Å². The molecule has 6 heteroatoms. The highest BCUT2D eigenvalue weighted by molar-refractivity contribution is 6.09. The third-order valence-corrected chi connectivity index (χ3v) is 10.8. The van der Waals surface area contributed by atoms with Gasteiger partial charge in [0.05, 0.1) is 16.7 Å². The summed E-state index contributed by atoms with van der Waals surface area (Å²) in [6.07, 6.45) is 3.73. The van der Waals surface area contributed by atoms with Gasteiger partial charge in [-0.25, -0.2) is 14.6 Å². The first-order valence-corrected chi connectivity index (χ1v) is 19.9. The molecule has 0 spiro atoms. The van der Waals surface area contributed by atoms with E-state index in [1.54, 1.807) is 6.33 Å². The Morgan fingerprint density at radius 1 is 0.544 bits per heavy atom. The van der Waals surface area contributed by atoms with Gasteiger partial charge in [-0.3, -0.25) is 4.57 Å². The molecule has 288 valence electrons. The Bertz CT molecular complexity index is 2740. The van der Waals surface area contributed by atoms with Gasteiger partial charge in [-0.05, 0) is 124 Å². The Morgan fingerprint density at radius 2 is 1.21 bits per heavy atom. The molecule has 0 saturated heterocycles. The molecule has 0 aliphatic heterocycles. The largest absolute Gasteiger partial charge is 0.457 e. The van der Waals surface area contributed by atoms with Gasteiger partial charge in [-0.2, -0.15) is 0 Å². The molecular weight excluding hydrogens is 699 g/mol. The zero-order valence-electron chi connectivity index (χ0n) is 35.2. The first-order valence-electron chi connectivity index (χ1n) is 19.9. The Labute approximate surface area is 337 Å². The number of nitrogens with zero attached hydrogens (tertiary/aromatic N) is 5. The average Bonchev–Trinajstić information content (AvgIpc) is 3.77. The van der Waals surface area contributed by atoms with Crippen LogP contribution in [0, 0.1) is 13.8 Å². The molecule has 8 rings (SSSR count). The lowest BCUT2D eigenvalue weighted by Crippen LogP contribution is -2.23. The van der Waals surface area contributed by atoms with Crippen LogP contribution < -0.4 is 4.74 Å². The highest BCUT2D eigenvalue weighted by Gasteiger charge is 2.30. The maximum Gasteiger partial charge on any atom is 0.181 e. The minimum absolute atomic E-state index is 0.0205. The fourth-order valence-electron chi connectivity index (χ4n) is 7.96. The summed E-state index contributed by atoms with van der Waals surface area (Å²) in [5.41, 5.74) is 12.8. The molecule has 5 aromatic carbocycles. The summed E-state index contributed by atoms with van der Waals surface area (Å²) in [6.45, 7) is 25.1. The van der Waals surface area contributed by atoms with Gasteiger partial charge in [0.2, 0.25) is 0 Å². The van der Waals surface area contributed by atoms with Crippen molar-refractivity contribution in [3.8, 4) is 45.5 Å². The molecule has 0 atom stereocenters. The Morgan fingerprint density at radius 3 is 1.89 bits per heavy atom. The van der Waals surface area contributed by atoms with Crippen LogP contribution in [0.15, 0.2) is 122 Å². The zero-order chi connectivity index (χ0) is 40.4. The van der Waals surface area contributed by atoms with E-state index in [-0.39, 0.29) is 16.2 Å². The van der Waals surface area contributed by atoms with E-state index in [2.05, 4.69) is 165 Å². The minimum atomic E-state index is -0.0767. The first kappa shape index (κ1) is 37.9. The van der Waals surface area contributed by atoms with Crippen molar-refractivity contribution in [3.05, 3.63) is 150 Å². The molecule has 0 saturated carbocycles. The fourth-order valence-corrected chi connectivity index (χ4v) is 7.96. The van der Waals surface area contributed by atoms with Crippen molar-refractivity contribution in [1.29, 1.82) is 0 Å². The molecule has 0 aliphatic rings. The van der Waals surface area contributed by atoms with Crippen LogP contribution in [-0.4, -0.2) is 24.3 Å². The van der Waals surface area contributed by atoms with Crippen LogP contribution in [0.4, 0.5) is 0 Å². The SMILES string of the molecule is Cc1cc(C)cc(-n2cnc(-c3cccc(Oc4ccc5c6ccccc6n(-c6cc(-c7c(C(C)(C)C)cc(C(C)(C)C)cc7C(C)(C)C)ccn6)c5c4)c3)n2)c1. The van der Waals surface area contributed by atoms with Gasteiger partial charge in [0.25, 0.3) is 0 Å². The molecule has 57 heavy (non-hydrogen) atoms. The lowest BCUT2D eigenvalue weighted by atomic mass is 9.71. The number of para-hydroxylation sites is 1. The summed E-state index contributed by atoms with van der Waals surface area (Å²) in [6, 6.07) is 38.6. The lowest BCUT2D eigenvalue weighted by Gasteiger charge is -2.34. The number of rotatable bonds is 6. The quantitative estimate of drug-likeness (QED) is 0.170. The van der Waals surface area contributed by atoms with Gasteiger partial charge in [0.15, 0.2) is 5.82 Å². The second kappa shape index (κ2) is 13.9. The molecule has 8 aromatic rings. The van der Waals surface area contributed by atoms with Crippen molar-refractivity contribution in [2.45, 2.75) is 92.4 Å². The predicted molar refractivity (Wildman–Crippen MR) is 236 cm³/mol. The first-order chi connectivity index (χ1) is 26.9. The Balaban J connectivity index is 1.21. The number of hydrogen-bond donors (Lipinski definition) is 0. The van der Waals surface area contributed by atoms with Crippen LogP contribution in [-0.2, 0) is 16.2 Å². The fraction of sp³-hybridized carbons (Fsp3) is 0.275. The number of benzene rings is 5. The van der Waals surface area contributed by atoms with Crippen molar-refractivity contribution >= 4 is 21.8 Å². The predicted octanol–water partition coefficient (Wildman–Crippen LogP) is 13.4. The zero-order valence-corrected chi connectivity index (χ0v) is 35.2. The second-order valence-corrected chi connectivity index (χ2v) is 18.6. The van der Waals surface area contributed by atoms with Crippen LogP contribution in [0.3, 0.4) is 0 Å². The Hall–Kier alpha value is -6.01. The molecule has 6 nitrogen and oxygen atoms in total. The van der Waals surface area contributed by atoms with E-state index < -0.39 is 0 Å². The van der Waals surface area contributed by atoms with E-state index in [9.17, 15) is 0 Å². The summed E-state index contributed by atoms with van der Waals surface area (Å²) >= 11 is 0. The third-order valence-electron chi connectivity index (χ3n) is 10.8. The van der Waals surface area contributed by atoms with E-state index in [1.807, 2.05) is 41.2 Å². The van der Waals surface area contributed by atoms with E-state index in [4.69, 9.17) is 14.8 Å². The van der Waals surface area contributed by atoms with Crippen molar-refractivity contribution in [2.24, 2.45) is 0 Å². The van der Waals surface area contributed by atoms with Gasteiger partial charge in [0.1, 0.15) is 23.6 Å². The summed E-state index contributed by atoms with van der Waals surface area (Å²) in [5.74, 6) is 2.94. The number of ether oxygens (including phenoxy) is 1. The molecule has 0 aliphatic carbocycles. The van der Waals surface area contributed by atoms with Gasteiger partial charge >= 0.3 is 0 Å². The van der Waals surface area contributed by atoms with Gasteiger partial charge < -0.3 is 4.74 Å². The van der Waals surface area contributed by atoms with Crippen LogP contribution in [0.25, 0.3) is 55.8 Å². The third kappa shape index (κ3) is 7.37. The van der Waals surface area contributed by atoms with E-state index >= 15 is 0 Å². The smallest absolute Gasteiger partial charge is 0.181 e. The van der Waals surface area contributed by atoms with Gasteiger partial charge in [0, 0.05) is 28.6 Å². The summed E-state index contributed by atoms with van der Waals surface area (Å²) < 4.78 is 10.7.